The maximum Gasteiger partial charge on any atom is 0.159 e. The van der Waals surface area contributed by atoms with E-state index in [1.54, 1.807) is 13.8 Å². The Morgan fingerprint density at radius 1 is 1.17 bits per heavy atom. The average molecular weight is 250 g/mol. The Balaban J connectivity index is 2.48. The highest BCUT2D eigenvalue weighted by molar-refractivity contribution is 5.55. The molecule has 18 heavy (non-hydrogen) atoms. The molecule has 1 aromatic carbocycles. The van der Waals surface area contributed by atoms with Gasteiger partial charge in [0, 0.05) is 29.1 Å². The van der Waals surface area contributed by atoms with Crippen LogP contribution < -0.4 is 0 Å². The molecule has 0 aliphatic carbocycles. The van der Waals surface area contributed by atoms with E-state index < -0.39 is 17.7 Å². The Hall–Kier alpha value is -1.88. The number of hydrogen-bond acceptors (Lipinski definition) is 3. The molecule has 0 saturated carbocycles. The number of aryl methyl sites for hydroxylation is 1. The standard InChI is InChI=1S/C13H12F2N2O/c1-7-12(8(2)18)6-16-13(17-7)9-3-10(14)5-11(15)4-9/h3-6,8,18H,1-2H3. The van der Waals surface area contributed by atoms with Gasteiger partial charge < -0.3 is 5.11 Å². The molecule has 1 heterocycles. The summed E-state index contributed by atoms with van der Waals surface area (Å²) in [4.78, 5) is 8.15. The van der Waals surface area contributed by atoms with Crippen molar-refractivity contribution in [3.8, 4) is 11.4 Å². The van der Waals surface area contributed by atoms with E-state index in [-0.39, 0.29) is 11.4 Å². The Morgan fingerprint density at radius 3 is 2.28 bits per heavy atom. The smallest absolute Gasteiger partial charge is 0.159 e. The zero-order chi connectivity index (χ0) is 13.3. The van der Waals surface area contributed by atoms with Gasteiger partial charge in [-0.25, -0.2) is 18.7 Å². The molecule has 5 heteroatoms. The largest absolute Gasteiger partial charge is 0.389 e. The molecule has 0 spiro atoms. The van der Waals surface area contributed by atoms with Gasteiger partial charge in [-0.2, -0.15) is 0 Å². The molecule has 1 N–H and O–H groups in total. The van der Waals surface area contributed by atoms with Gasteiger partial charge in [-0.15, -0.1) is 0 Å². The van der Waals surface area contributed by atoms with Crippen LogP contribution in [0.4, 0.5) is 8.78 Å². The van der Waals surface area contributed by atoms with E-state index in [0.29, 0.717) is 11.3 Å². The SMILES string of the molecule is Cc1nc(-c2cc(F)cc(F)c2)ncc1C(C)O. The molecular weight excluding hydrogens is 238 g/mol. The fourth-order valence-corrected chi connectivity index (χ4v) is 1.71. The molecule has 94 valence electrons. The zero-order valence-corrected chi connectivity index (χ0v) is 9.98. The van der Waals surface area contributed by atoms with Crippen LogP contribution in [0.15, 0.2) is 24.4 Å². The van der Waals surface area contributed by atoms with E-state index >= 15 is 0 Å². The highest BCUT2D eigenvalue weighted by Crippen LogP contribution is 2.21. The Labute approximate surface area is 103 Å². The van der Waals surface area contributed by atoms with Crippen LogP contribution in [-0.2, 0) is 0 Å². The normalized spacial score (nSPS) is 12.5. The van der Waals surface area contributed by atoms with Crippen molar-refractivity contribution >= 4 is 0 Å². The highest BCUT2D eigenvalue weighted by atomic mass is 19.1. The number of aliphatic hydroxyl groups excluding tert-OH is 1. The molecule has 1 aromatic heterocycles. The molecule has 0 amide bonds. The molecule has 2 aromatic rings. The first-order valence-corrected chi connectivity index (χ1v) is 5.45. The quantitative estimate of drug-likeness (QED) is 0.891. The minimum Gasteiger partial charge on any atom is -0.389 e. The summed E-state index contributed by atoms with van der Waals surface area (Å²) in [7, 11) is 0. The van der Waals surface area contributed by atoms with Crippen LogP contribution in [0.25, 0.3) is 11.4 Å². The maximum absolute atomic E-state index is 13.1. The molecular formula is C13H12F2N2O. The maximum atomic E-state index is 13.1. The lowest BCUT2D eigenvalue weighted by Crippen LogP contribution is -2.01. The molecule has 0 saturated heterocycles. The van der Waals surface area contributed by atoms with E-state index in [1.807, 2.05) is 0 Å². The molecule has 0 radical (unpaired) electrons. The van der Waals surface area contributed by atoms with E-state index in [1.165, 1.54) is 18.3 Å². The number of halogens is 2. The highest BCUT2D eigenvalue weighted by Gasteiger charge is 2.10. The van der Waals surface area contributed by atoms with Crippen molar-refractivity contribution in [3.63, 3.8) is 0 Å². The van der Waals surface area contributed by atoms with Crippen LogP contribution in [-0.4, -0.2) is 15.1 Å². The molecule has 0 fully saturated rings. The Bertz CT molecular complexity index is 565. The van der Waals surface area contributed by atoms with E-state index in [4.69, 9.17) is 0 Å². The number of nitrogens with zero attached hydrogens (tertiary/aromatic N) is 2. The third-order valence-electron chi connectivity index (χ3n) is 2.59. The topological polar surface area (TPSA) is 46.0 Å². The third-order valence-corrected chi connectivity index (χ3v) is 2.59. The molecule has 2 rings (SSSR count). The number of benzene rings is 1. The van der Waals surface area contributed by atoms with Crippen molar-refractivity contribution in [1.82, 2.24) is 9.97 Å². The molecule has 0 bridgehead atoms. The minimum atomic E-state index is -0.678. The van der Waals surface area contributed by atoms with Gasteiger partial charge in [0.25, 0.3) is 0 Å². The second-order valence-corrected chi connectivity index (χ2v) is 4.07. The summed E-state index contributed by atoms with van der Waals surface area (Å²) < 4.78 is 26.2. The van der Waals surface area contributed by atoms with Gasteiger partial charge in [-0.05, 0) is 26.0 Å². The van der Waals surface area contributed by atoms with Crippen molar-refractivity contribution in [1.29, 1.82) is 0 Å². The van der Waals surface area contributed by atoms with Crippen LogP contribution in [0, 0.1) is 18.6 Å². The van der Waals surface area contributed by atoms with Crippen molar-refractivity contribution in [2.45, 2.75) is 20.0 Å². The number of hydrogen-bond donors (Lipinski definition) is 1. The fraction of sp³-hybridized carbons (Fsp3) is 0.231. The van der Waals surface area contributed by atoms with Crippen LogP contribution in [0.2, 0.25) is 0 Å². The molecule has 0 aliphatic heterocycles. The van der Waals surface area contributed by atoms with Crippen LogP contribution in [0.5, 0.6) is 0 Å². The summed E-state index contributed by atoms with van der Waals surface area (Å²) in [5.41, 5.74) is 1.45. The van der Waals surface area contributed by atoms with Gasteiger partial charge in [0.2, 0.25) is 0 Å². The fourth-order valence-electron chi connectivity index (χ4n) is 1.71. The number of rotatable bonds is 2. The zero-order valence-electron chi connectivity index (χ0n) is 9.98. The second-order valence-electron chi connectivity index (χ2n) is 4.07. The predicted molar refractivity (Wildman–Crippen MR) is 62.8 cm³/mol. The summed E-state index contributed by atoms with van der Waals surface area (Å²) in [6.45, 7) is 3.32. The van der Waals surface area contributed by atoms with Gasteiger partial charge in [-0.3, -0.25) is 0 Å². The lowest BCUT2D eigenvalue weighted by Gasteiger charge is -2.09. The molecule has 1 atom stereocenters. The van der Waals surface area contributed by atoms with Gasteiger partial charge in [-0.1, -0.05) is 0 Å². The molecule has 0 aliphatic rings. The lowest BCUT2D eigenvalue weighted by molar-refractivity contribution is 0.197. The van der Waals surface area contributed by atoms with Gasteiger partial charge in [0.15, 0.2) is 5.82 Å². The predicted octanol–water partition coefficient (Wildman–Crippen LogP) is 2.78. The summed E-state index contributed by atoms with van der Waals surface area (Å²) in [6.07, 6.45) is 0.786. The first-order valence-electron chi connectivity index (χ1n) is 5.45. The lowest BCUT2D eigenvalue weighted by atomic mass is 10.1. The first kappa shape index (κ1) is 12.6. The average Bonchev–Trinajstić information content (AvgIpc) is 2.26. The number of aliphatic hydroxyl groups is 1. The van der Waals surface area contributed by atoms with Crippen molar-refractivity contribution in [2.24, 2.45) is 0 Å². The number of aromatic nitrogens is 2. The first-order chi connectivity index (χ1) is 8.47. The van der Waals surface area contributed by atoms with Crippen molar-refractivity contribution in [2.75, 3.05) is 0 Å². The van der Waals surface area contributed by atoms with Crippen LogP contribution in [0.1, 0.15) is 24.3 Å². The van der Waals surface area contributed by atoms with Gasteiger partial charge >= 0.3 is 0 Å². The summed E-state index contributed by atoms with van der Waals surface area (Å²) in [6, 6.07) is 3.13. The van der Waals surface area contributed by atoms with E-state index in [9.17, 15) is 13.9 Å². The van der Waals surface area contributed by atoms with Gasteiger partial charge in [0.1, 0.15) is 11.6 Å². The Morgan fingerprint density at radius 2 is 1.78 bits per heavy atom. The van der Waals surface area contributed by atoms with Crippen molar-refractivity contribution < 1.29 is 13.9 Å². The summed E-state index contributed by atoms with van der Waals surface area (Å²) >= 11 is 0. The monoisotopic (exact) mass is 250 g/mol. The summed E-state index contributed by atoms with van der Waals surface area (Å²) in [5, 5.41) is 9.45. The summed E-state index contributed by atoms with van der Waals surface area (Å²) in [5.74, 6) is -1.12. The Kier molecular flexibility index (Phi) is 3.34. The minimum absolute atomic E-state index is 0.232. The second kappa shape index (κ2) is 4.78. The van der Waals surface area contributed by atoms with Crippen LogP contribution in [0.3, 0.4) is 0 Å². The van der Waals surface area contributed by atoms with E-state index in [0.717, 1.165) is 6.07 Å². The van der Waals surface area contributed by atoms with E-state index in [2.05, 4.69) is 9.97 Å². The van der Waals surface area contributed by atoms with Crippen LogP contribution >= 0.6 is 0 Å². The van der Waals surface area contributed by atoms with Gasteiger partial charge in [0.05, 0.1) is 6.10 Å². The molecule has 3 nitrogen and oxygen atoms in total. The molecule has 1 unspecified atom stereocenters. The van der Waals surface area contributed by atoms with Crippen molar-refractivity contribution in [3.05, 3.63) is 47.3 Å². The third kappa shape index (κ3) is 2.51.